The van der Waals surface area contributed by atoms with E-state index in [1.807, 2.05) is 62.4 Å². The Balaban J connectivity index is 1.51. The molecule has 1 amide bonds. The van der Waals surface area contributed by atoms with Gasteiger partial charge in [-0.25, -0.2) is 4.79 Å². The number of hydrogen-bond acceptors (Lipinski definition) is 5. The van der Waals surface area contributed by atoms with Crippen LogP contribution < -0.4 is 4.74 Å². The molecule has 6 nitrogen and oxygen atoms in total. The van der Waals surface area contributed by atoms with Crippen LogP contribution in [0.15, 0.2) is 54.6 Å². The van der Waals surface area contributed by atoms with E-state index in [9.17, 15) is 9.59 Å². The van der Waals surface area contributed by atoms with Crippen LogP contribution in [0, 0.1) is 0 Å². The molecule has 2 aromatic rings. The second-order valence-electron chi connectivity index (χ2n) is 6.87. The fourth-order valence-corrected chi connectivity index (χ4v) is 3.24. The van der Waals surface area contributed by atoms with Gasteiger partial charge in [-0.1, -0.05) is 48.5 Å². The van der Waals surface area contributed by atoms with Crippen LogP contribution in [0.4, 0.5) is 0 Å². The second kappa shape index (κ2) is 9.37. The summed E-state index contributed by atoms with van der Waals surface area (Å²) in [6, 6.07) is 17.3. The summed E-state index contributed by atoms with van der Waals surface area (Å²) in [7, 11) is 0. The lowest BCUT2D eigenvalue weighted by Gasteiger charge is -2.35. The molecule has 1 heterocycles. The molecule has 0 N–H and O–H groups in total. The first-order chi connectivity index (χ1) is 13.5. The van der Waals surface area contributed by atoms with Gasteiger partial charge in [0.1, 0.15) is 5.75 Å². The number of rotatable bonds is 6. The van der Waals surface area contributed by atoms with Crippen LogP contribution in [-0.4, -0.2) is 55.3 Å². The van der Waals surface area contributed by atoms with Crippen molar-refractivity contribution in [3.05, 3.63) is 54.6 Å². The molecule has 6 heteroatoms. The summed E-state index contributed by atoms with van der Waals surface area (Å²) < 4.78 is 16.4. The Hall–Kier alpha value is -2.86. The maximum atomic E-state index is 12.3. The molecule has 0 radical (unpaired) electrons. The Labute approximate surface area is 165 Å². The molecule has 0 saturated carbocycles. The zero-order valence-corrected chi connectivity index (χ0v) is 16.2. The van der Waals surface area contributed by atoms with Crippen molar-refractivity contribution >= 4 is 11.9 Å². The summed E-state index contributed by atoms with van der Waals surface area (Å²) in [5.41, 5.74) is 1.89. The van der Waals surface area contributed by atoms with E-state index in [0.29, 0.717) is 18.8 Å². The van der Waals surface area contributed by atoms with E-state index in [2.05, 4.69) is 0 Å². The zero-order chi connectivity index (χ0) is 19.9. The Morgan fingerprint density at radius 1 is 0.964 bits per heavy atom. The number of ether oxygens (including phenoxy) is 3. The van der Waals surface area contributed by atoms with Crippen molar-refractivity contribution in [3.8, 4) is 16.9 Å². The minimum Gasteiger partial charge on any atom is -0.481 e. The predicted octanol–water partition coefficient (Wildman–Crippen LogP) is 2.91. The second-order valence-corrected chi connectivity index (χ2v) is 6.87. The highest BCUT2D eigenvalue weighted by Crippen LogP contribution is 2.29. The number of benzene rings is 2. The van der Waals surface area contributed by atoms with Crippen LogP contribution in [0.3, 0.4) is 0 Å². The molecule has 2 unspecified atom stereocenters. The molecule has 0 bridgehead atoms. The number of carbonyl (C=O) groups is 2. The van der Waals surface area contributed by atoms with Crippen LogP contribution in [0.2, 0.25) is 0 Å². The number of amides is 1. The Morgan fingerprint density at radius 2 is 1.61 bits per heavy atom. The van der Waals surface area contributed by atoms with Crippen LogP contribution in [0.5, 0.6) is 5.75 Å². The normalized spacial score (nSPS) is 19.1. The lowest BCUT2D eigenvalue weighted by Crippen LogP contribution is -2.49. The van der Waals surface area contributed by atoms with E-state index in [1.54, 1.807) is 11.0 Å². The van der Waals surface area contributed by atoms with Gasteiger partial charge in [-0.3, -0.25) is 4.79 Å². The SMILES string of the molecule is CC1CN(C(=O)COC(=O)COc2ccccc2-c2ccccc2)CC(C)O1. The highest BCUT2D eigenvalue weighted by molar-refractivity contribution is 5.81. The van der Waals surface area contributed by atoms with Gasteiger partial charge < -0.3 is 19.1 Å². The molecular formula is C22H25NO5. The smallest absolute Gasteiger partial charge is 0.344 e. The average molecular weight is 383 g/mol. The molecule has 0 aromatic heterocycles. The number of morpholine rings is 1. The van der Waals surface area contributed by atoms with E-state index in [-0.39, 0.29) is 31.3 Å². The third kappa shape index (κ3) is 5.33. The summed E-state index contributed by atoms with van der Waals surface area (Å²) in [5, 5.41) is 0. The first-order valence-electron chi connectivity index (χ1n) is 9.39. The number of nitrogens with zero attached hydrogens (tertiary/aromatic N) is 1. The van der Waals surface area contributed by atoms with Crippen LogP contribution in [-0.2, 0) is 19.1 Å². The molecule has 0 aliphatic carbocycles. The van der Waals surface area contributed by atoms with Gasteiger partial charge in [0.25, 0.3) is 5.91 Å². The Bertz CT molecular complexity index is 798. The van der Waals surface area contributed by atoms with Gasteiger partial charge in [-0.05, 0) is 25.5 Å². The standard InChI is InChI=1S/C22H25NO5/c1-16-12-23(13-17(2)28-16)21(24)14-27-22(25)15-26-20-11-7-6-10-19(20)18-8-4-3-5-9-18/h3-11,16-17H,12-15H2,1-2H3. The van der Waals surface area contributed by atoms with Gasteiger partial charge in [0, 0.05) is 18.7 Å². The van der Waals surface area contributed by atoms with Crippen molar-refractivity contribution in [2.24, 2.45) is 0 Å². The average Bonchev–Trinajstić information content (AvgIpc) is 2.70. The van der Waals surface area contributed by atoms with Crippen LogP contribution in [0.25, 0.3) is 11.1 Å². The predicted molar refractivity (Wildman–Crippen MR) is 105 cm³/mol. The lowest BCUT2D eigenvalue weighted by atomic mass is 10.1. The minimum absolute atomic E-state index is 0.0266. The van der Waals surface area contributed by atoms with Gasteiger partial charge in [0.15, 0.2) is 13.2 Å². The quantitative estimate of drug-likeness (QED) is 0.718. The van der Waals surface area contributed by atoms with Crippen molar-refractivity contribution in [2.45, 2.75) is 26.1 Å². The summed E-state index contributed by atoms with van der Waals surface area (Å²) in [6.45, 7) is 4.29. The summed E-state index contributed by atoms with van der Waals surface area (Å²) in [6.07, 6.45) is -0.0533. The van der Waals surface area contributed by atoms with Crippen molar-refractivity contribution < 1.29 is 23.8 Å². The van der Waals surface area contributed by atoms with E-state index in [0.717, 1.165) is 11.1 Å². The van der Waals surface area contributed by atoms with Gasteiger partial charge in [0.2, 0.25) is 0 Å². The third-order valence-electron chi connectivity index (χ3n) is 4.45. The minimum atomic E-state index is -0.578. The van der Waals surface area contributed by atoms with Crippen molar-refractivity contribution in [1.82, 2.24) is 4.90 Å². The highest BCUT2D eigenvalue weighted by Gasteiger charge is 2.26. The number of hydrogen-bond donors (Lipinski definition) is 0. The first-order valence-corrected chi connectivity index (χ1v) is 9.39. The Kier molecular flexibility index (Phi) is 6.66. The topological polar surface area (TPSA) is 65.1 Å². The molecule has 1 saturated heterocycles. The van der Waals surface area contributed by atoms with Crippen molar-refractivity contribution in [2.75, 3.05) is 26.3 Å². The highest BCUT2D eigenvalue weighted by atomic mass is 16.6. The van der Waals surface area contributed by atoms with Gasteiger partial charge in [0.05, 0.1) is 12.2 Å². The van der Waals surface area contributed by atoms with E-state index in [4.69, 9.17) is 14.2 Å². The number of para-hydroxylation sites is 1. The largest absolute Gasteiger partial charge is 0.481 e. The molecule has 1 aliphatic heterocycles. The number of carbonyl (C=O) groups excluding carboxylic acids is 2. The van der Waals surface area contributed by atoms with Gasteiger partial charge in [-0.2, -0.15) is 0 Å². The van der Waals surface area contributed by atoms with Crippen LogP contribution >= 0.6 is 0 Å². The van der Waals surface area contributed by atoms with E-state index >= 15 is 0 Å². The van der Waals surface area contributed by atoms with Crippen molar-refractivity contribution in [1.29, 1.82) is 0 Å². The maximum Gasteiger partial charge on any atom is 0.344 e. The Morgan fingerprint density at radius 3 is 2.32 bits per heavy atom. The number of esters is 1. The monoisotopic (exact) mass is 383 g/mol. The van der Waals surface area contributed by atoms with E-state index in [1.165, 1.54) is 0 Å². The molecule has 3 rings (SSSR count). The van der Waals surface area contributed by atoms with Gasteiger partial charge >= 0.3 is 5.97 Å². The summed E-state index contributed by atoms with van der Waals surface area (Å²) in [4.78, 5) is 26.0. The molecular weight excluding hydrogens is 358 g/mol. The molecule has 1 fully saturated rings. The lowest BCUT2D eigenvalue weighted by molar-refractivity contribution is -0.158. The molecule has 2 atom stereocenters. The molecule has 148 valence electrons. The van der Waals surface area contributed by atoms with Crippen molar-refractivity contribution in [3.63, 3.8) is 0 Å². The first kappa shape index (κ1) is 19.9. The van der Waals surface area contributed by atoms with Gasteiger partial charge in [-0.15, -0.1) is 0 Å². The summed E-state index contributed by atoms with van der Waals surface area (Å²) >= 11 is 0. The zero-order valence-electron chi connectivity index (χ0n) is 16.2. The van der Waals surface area contributed by atoms with Crippen LogP contribution in [0.1, 0.15) is 13.8 Å². The molecule has 2 aromatic carbocycles. The molecule has 0 spiro atoms. The maximum absolute atomic E-state index is 12.3. The fourth-order valence-electron chi connectivity index (χ4n) is 3.24. The third-order valence-corrected chi connectivity index (χ3v) is 4.45. The fraction of sp³-hybridized carbons (Fsp3) is 0.364. The molecule has 1 aliphatic rings. The van der Waals surface area contributed by atoms with E-state index < -0.39 is 5.97 Å². The molecule has 28 heavy (non-hydrogen) atoms. The summed E-state index contributed by atoms with van der Waals surface area (Å²) in [5.74, 6) is -0.210.